The molecule has 0 aliphatic carbocycles. The number of carbonyl (C=O) groups is 1. The molecule has 4 rings (SSSR count). The number of allylic oxidation sites excluding steroid dienone is 3. The maximum Gasteiger partial charge on any atom is 0.334 e. The number of rotatable bonds is 11. The Kier molecular flexibility index (Phi) is 17.6. The van der Waals surface area contributed by atoms with Crippen molar-refractivity contribution in [3.8, 4) is 0 Å². The highest BCUT2D eigenvalue weighted by atomic mass is 35.5. The van der Waals surface area contributed by atoms with Crippen LogP contribution in [0.1, 0.15) is 40.9 Å². The van der Waals surface area contributed by atoms with Gasteiger partial charge in [-0.3, -0.25) is 9.36 Å². The lowest BCUT2D eigenvalue weighted by Gasteiger charge is -2.14. The van der Waals surface area contributed by atoms with E-state index < -0.39 is 7.60 Å². The molecule has 0 unspecified atom stereocenters. The van der Waals surface area contributed by atoms with Crippen LogP contribution in [0, 0.1) is 0 Å². The van der Waals surface area contributed by atoms with E-state index in [0.29, 0.717) is 30.0 Å². The van der Waals surface area contributed by atoms with E-state index in [0.717, 1.165) is 22.4 Å². The van der Waals surface area contributed by atoms with E-state index in [9.17, 15) is 9.36 Å². The summed E-state index contributed by atoms with van der Waals surface area (Å²) in [5.74, 6) is 0. The predicted molar refractivity (Wildman–Crippen MR) is 184 cm³/mol. The zero-order valence-corrected chi connectivity index (χ0v) is 26.8. The molecule has 0 saturated carbocycles. The lowest BCUT2D eigenvalue weighted by atomic mass is 10.2. The minimum atomic E-state index is -2.94. The molecule has 0 atom stereocenters. The Morgan fingerprint density at radius 2 is 0.977 bits per heavy atom. The maximum absolute atomic E-state index is 12.1. The van der Waals surface area contributed by atoms with Gasteiger partial charge in [0.1, 0.15) is 6.29 Å². The van der Waals surface area contributed by atoms with Crippen LogP contribution in [0.15, 0.2) is 127 Å². The number of hydrogen-bond donors (Lipinski definition) is 0. The molecule has 7 heteroatoms. The molecular weight excluding hydrogens is 598 g/mol. The molecule has 0 aromatic heterocycles. The Hall–Kier alpha value is -3.50. The van der Waals surface area contributed by atoms with Crippen LogP contribution in [0.4, 0.5) is 0 Å². The number of carbonyl (C=O) groups excluding carboxylic acids is 1. The molecule has 43 heavy (non-hydrogen) atoms. The molecule has 0 aliphatic heterocycles. The van der Waals surface area contributed by atoms with Gasteiger partial charge in [0.25, 0.3) is 0 Å². The summed E-state index contributed by atoms with van der Waals surface area (Å²) in [6.45, 7) is 4.42. The van der Waals surface area contributed by atoms with Gasteiger partial charge < -0.3 is 9.05 Å². The molecule has 0 fully saturated rings. The normalized spacial score (nSPS) is 11.2. The molecule has 0 radical (unpaired) electrons. The fraction of sp³-hybridized carbons (Fsp3) is 0.139. The van der Waals surface area contributed by atoms with Crippen molar-refractivity contribution in [1.82, 2.24) is 0 Å². The van der Waals surface area contributed by atoms with Crippen LogP contribution in [0.25, 0.3) is 18.2 Å². The molecule has 0 bridgehead atoms. The molecule has 0 spiro atoms. The van der Waals surface area contributed by atoms with Crippen molar-refractivity contribution in [1.29, 1.82) is 0 Å². The average molecular weight is 636 g/mol. The van der Waals surface area contributed by atoms with Crippen LogP contribution >= 0.6 is 30.8 Å². The SMILES string of the molecule is CCOP(=O)(C/C=C/c1ccccc1)OCC.Clc1ccc(/C=C/C=C/c2ccccc2)cc1.O=Cc1ccc(Cl)cc1. The van der Waals surface area contributed by atoms with E-state index in [4.69, 9.17) is 32.2 Å². The molecule has 0 aliphatic rings. The lowest BCUT2D eigenvalue weighted by molar-refractivity contribution is 0.112. The maximum atomic E-state index is 12.1. The highest BCUT2D eigenvalue weighted by molar-refractivity contribution is 7.54. The Bertz CT molecular complexity index is 1440. The quantitative estimate of drug-likeness (QED) is 0.0935. The van der Waals surface area contributed by atoms with E-state index >= 15 is 0 Å². The molecular formula is C36H37Cl2O4P. The molecule has 4 nitrogen and oxygen atoms in total. The third kappa shape index (κ3) is 16.1. The van der Waals surface area contributed by atoms with Crippen molar-refractivity contribution in [2.75, 3.05) is 19.4 Å². The van der Waals surface area contributed by atoms with Gasteiger partial charge in [0, 0.05) is 15.6 Å². The van der Waals surface area contributed by atoms with Gasteiger partial charge in [0.15, 0.2) is 0 Å². The average Bonchev–Trinajstić information content (AvgIpc) is 3.02. The van der Waals surface area contributed by atoms with Crippen LogP contribution in [0.2, 0.25) is 10.0 Å². The third-order valence-corrected chi connectivity index (χ3v) is 7.92. The van der Waals surface area contributed by atoms with Gasteiger partial charge in [-0.2, -0.15) is 0 Å². The summed E-state index contributed by atoms with van der Waals surface area (Å²) < 4.78 is 22.5. The number of hydrogen-bond acceptors (Lipinski definition) is 4. The molecule has 4 aromatic rings. The Balaban J connectivity index is 0.000000236. The van der Waals surface area contributed by atoms with Gasteiger partial charge in [-0.25, -0.2) is 0 Å². The van der Waals surface area contributed by atoms with Crippen molar-refractivity contribution in [2.24, 2.45) is 0 Å². The predicted octanol–water partition coefficient (Wildman–Crippen LogP) is 11.2. The van der Waals surface area contributed by atoms with Crippen molar-refractivity contribution >= 4 is 55.3 Å². The largest absolute Gasteiger partial charge is 0.334 e. The summed E-state index contributed by atoms with van der Waals surface area (Å²) in [5.41, 5.74) is 4.08. The minimum Gasteiger partial charge on any atom is -0.309 e. The summed E-state index contributed by atoms with van der Waals surface area (Å²) in [6, 6.07) is 34.6. The fourth-order valence-corrected chi connectivity index (χ4v) is 5.12. The van der Waals surface area contributed by atoms with Crippen molar-refractivity contribution in [3.05, 3.63) is 160 Å². The van der Waals surface area contributed by atoms with Crippen molar-refractivity contribution < 1.29 is 18.4 Å². The third-order valence-electron chi connectivity index (χ3n) is 5.45. The Morgan fingerprint density at radius 1 is 0.581 bits per heavy atom. The monoisotopic (exact) mass is 634 g/mol. The first-order chi connectivity index (χ1) is 20.9. The molecule has 224 valence electrons. The fourth-order valence-electron chi connectivity index (χ4n) is 3.43. The zero-order chi connectivity index (χ0) is 31.2. The van der Waals surface area contributed by atoms with Crippen molar-refractivity contribution in [2.45, 2.75) is 13.8 Å². The summed E-state index contributed by atoms with van der Waals surface area (Å²) in [7, 11) is -2.94. The number of aldehydes is 1. The molecule has 0 amide bonds. The summed E-state index contributed by atoms with van der Waals surface area (Å²) >= 11 is 11.4. The van der Waals surface area contributed by atoms with Gasteiger partial charge in [-0.15, -0.1) is 0 Å². The first kappa shape index (κ1) is 35.7. The molecule has 0 heterocycles. The van der Waals surface area contributed by atoms with Crippen LogP contribution in [-0.4, -0.2) is 25.7 Å². The second-order valence-electron chi connectivity index (χ2n) is 8.79. The highest BCUT2D eigenvalue weighted by Gasteiger charge is 2.20. The molecule has 0 saturated heterocycles. The van der Waals surface area contributed by atoms with Crippen LogP contribution in [-0.2, 0) is 13.6 Å². The van der Waals surface area contributed by atoms with Crippen LogP contribution in [0.5, 0.6) is 0 Å². The Labute approximate surface area is 265 Å². The smallest absolute Gasteiger partial charge is 0.309 e. The first-order valence-corrected chi connectivity index (χ1v) is 16.3. The van der Waals surface area contributed by atoms with E-state index in [2.05, 4.69) is 24.3 Å². The molecule has 4 aromatic carbocycles. The summed E-state index contributed by atoms with van der Waals surface area (Å²) in [6.07, 6.45) is 13.0. The van der Waals surface area contributed by atoms with Gasteiger partial charge in [-0.05, 0) is 54.8 Å². The minimum absolute atomic E-state index is 0.309. The van der Waals surface area contributed by atoms with E-state index in [1.165, 1.54) is 5.56 Å². The van der Waals surface area contributed by atoms with Gasteiger partial charge in [0.2, 0.25) is 0 Å². The zero-order valence-electron chi connectivity index (χ0n) is 24.4. The lowest BCUT2D eigenvalue weighted by Crippen LogP contribution is -1.98. The topological polar surface area (TPSA) is 52.6 Å². The van der Waals surface area contributed by atoms with Crippen molar-refractivity contribution in [3.63, 3.8) is 0 Å². The van der Waals surface area contributed by atoms with E-state index in [1.54, 1.807) is 24.3 Å². The molecule has 0 N–H and O–H groups in total. The van der Waals surface area contributed by atoms with Gasteiger partial charge in [-0.1, -0.05) is 145 Å². The Morgan fingerprint density at radius 3 is 1.40 bits per heavy atom. The second-order valence-corrected chi connectivity index (χ2v) is 11.8. The van der Waals surface area contributed by atoms with Gasteiger partial charge in [0.05, 0.1) is 19.4 Å². The first-order valence-electron chi connectivity index (χ1n) is 13.8. The summed E-state index contributed by atoms with van der Waals surface area (Å²) in [5, 5.41) is 1.42. The van der Waals surface area contributed by atoms with Crippen LogP contribution in [0.3, 0.4) is 0 Å². The summed E-state index contributed by atoms with van der Waals surface area (Å²) in [4.78, 5) is 10.1. The van der Waals surface area contributed by atoms with E-state index in [-0.39, 0.29) is 0 Å². The number of benzene rings is 4. The second kappa shape index (κ2) is 21.2. The number of halogens is 2. The highest BCUT2D eigenvalue weighted by Crippen LogP contribution is 2.47. The van der Waals surface area contributed by atoms with E-state index in [1.807, 2.05) is 111 Å². The standard InChI is InChI=1S/C16H13Cl.C13H19O3P.C7H5ClO/c17-16-12-10-15(11-13-16)9-5-4-8-14-6-2-1-3-7-14;1-3-15-17(14,16-4-2)12-8-11-13-9-6-5-7-10-13;8-7-3-1-6(5-9)2-4-7/h1-13H;5-11H,3-4,12H2,1-2H3;1-5H/b8-4+,9-5+;11-8+;. The van der Waals surface area contributed by atoms with Gasteiger partial charge >= 0.3 is 7.60 Å². The van der Waals surface area contributed by atoms with Crippen LogP contribution < -0.4 is 0 Å².